The second kappa shape index (κ2) is 12.8. The molecule has 4 aromatic rings. The number of rotatable bonds is 8. The van der Waals surface area contributed by atoms with E-state index in [-0.39, 0.29) is 24.4 Å². The number of amides is 3. The standard InChI is InChI=1S/C33H39N5O4S/c1-20-9-10-22(17-34-32(41)42-33(3,4)5)13-27(20)30(39)36-21(2)23-14-24(26-18-35-38(8)19-26)16-25(15-23)28-11-12-29(43-28)31(40)37(6)7/h9-16,18-19,21H,17H2,1-8H3,(H,34,41)(H,36,39). The molecule has 0 saturated carbocycles. The number of hydrogen-bond donors (Lipinski definition) is 2. The molecule has 0 fully saturated rings. The van der Waals surface area contributed by atoms with Crippen LogP contribution in [0.1, 0.15) is 70.5 Å². The minimum absolute atomic E-state index is 0.0422. The zero-order chi connectivity index (χ0) is 31.5. The van der Waals surface area contributed by atoms with Gasteiger partial charge in [-0.05, 0) is 98.8 Å². The summed E-state index contributed by atoms with van der Waals surface area (Å²) in [6, 6.07) is 15.2. The summed E-state index contributed by atoms with van der Waals surface area (Å²) >= 11 is 1.44. The third-order valence-electron chi connectivity index (χ3n) is 6.73. The first-order chi connectivity index (χ1) is 20.2. The van der Waals surface area contributed by atoms with Crippen LogP contribution in [0.2, 0.25) is 0 Å². The van der Waals surface area contributed by atoms with E-state index in [4.69, 9.17) is 4.74 Å². The van der Waals surface area contributed by atoms with Crippen LogP contribution in [0.3, 0.4) is 0 Å². The van der Waals surface area contributed by atoms with Gasteiger partial charge >= 0.3 is 6.09 Å². The van der Waals surface area contributed by atoms with E-state index in [9.17, 15) is 14.4 Å². The first kappa shape index (κ1) is 31.5. The number of carbonyl (C=O) groups excluding carboxylic acids is 3. The molecule has 0 saturated heterocycles. The van der Waals surface area contributed by atoms with E-state index in [0.29, 0.717) is 10.4 Å². The number of hydrogen-bond acceptors (Lipinski definition) is 6. The van der Waals surface area contributed by atoms with E-state index >= 15 is 0 Å². The molecule has 1 unspecified atom stereocenters. The summed E-state index contributed by atoms with van der Waals surface area (Å²) in [7, 11) is 5.35. The fraction of sp³-hybridized carbons (Fsp3) is 0.333. The van der Waals surface area contributed by atoms with Crippen LogP contribution in [0.25, 0.3) is 21.6 Å². The van der Waals surface area contributed by atoms with Crippen LogP contribution in [0.15, 0.2) is 60.9 Å². The van der Waals surface area contributed by atoms with Crippen molar-refractivity contribution in [2.45, 2.75) is 52.8 Å². The Labute approximate surface area is 256 Å². The monoisotopic (exact) mass is 601 g/mol. The third-order valence-corrected chi connectivity index (χ3v) is 7.85. The molecule has 1 atom stereocenters. The Morgan fingerprint density at radius 2 is 1.74 bits per heavy atom. The quantitative estimate of drug-likeness (QED) is 0.245. The average Bonchev–Trinajstić information content (AvgIpc) is 3.60. The van der Waals surface area contributed by atoms with Gasteiger partial charge in [-0.2, -0.15) is 5.10 Å². The first-order valence-electron chi connectivity index (χ1n) is 14.0. The summed E-state index contributed by atoms with van der Waals surface area (Å²) in [6.07, 6.45) is 3.24. The third kappa shape index (κ3) is 8.10. The fourth-order valence-electron chi connectivity index (χ4n) is 4.48. The maximum absolute atomic E-state index is 13.5. The highest BCUT2D eigenvalue weighted by atomic mass is 32.1. The summed E-state index contributed by atoms with van der Waals surface area (Å²) < 4.78 is 7.07. The highest BCUT2D eigenvalue weighted by Crippen LogP contribution is 2.34. The maximum Gasteiger partial charge on any atom is 0.407 e. The highest BCUT2D eigenvalue weighted by Gasteiger charge is 2.19. The van der Waals surface area contributed by atoms with Crippen molar-refractivity contribution < 1.29 is 19.1 Å². The number of ether oxygens (including phenoxy) is 1. The summed E-state index contributed by atoms with van der Waals surface area (Å²) in [5, 5.41) is 10.2. The largest absolute Gasteiger partial charge is 0.444 e. The Morgan fingerprint density at radius 3 is 2.40 bits per heavy atom. The number of benzene rings is 2. The molecule has 2 heterocycles. The molecule has 2 aromatic heterocycles. The first-order valence-corrected chi connectivity index (χ1v) is 14.8. The van der Waals surface area contributed by atoms with Gasteiger partial charge in [0.05, 0.1) is 17.1 Å². The maximum atomic E-state index is 13.5. The van der Waals surface area contributed by atoms with Crippen molar-refractivity contribution in [3.63, 3.8) is 0 Å². The molecule has 4 rings (SSSR count). The van der Waals surface area contributed by atoms with Gasteiger partial charge in [-0.25, -0.2) is 4.79 Å². The van der Waals surface area contributed by atoms with Gasteiger partial charge in [-0.15, -0.1) is 11.3 Å². The predicted octanol–water partition coefficient (Wildman–Crippen LogP) is 6.34. The second-order valence-corrected chi connectivity index (χ2v) is 12.9. The molecule has 0 aliphatic carbocycles. The lowest BCUT2D eigenvalue weighted by atomic mass is 9.97. The SMILES string of the molecule is Cc1ccc(CNC(=O)OC(C)(C)C)cc1C(=O)NC(C)c1cc(-c2cnn(C)c2)cc(-c2ccc(C(=O)N(C)C)s2)c1. The molecule has 0 aliphatic heterocycles. The Bertz CT molecular complexity index is 1650. The molecule has 9 nitrogen and oxygen atoms in total. The van der Waals surface area contributed by atoms with Crippen LogP contribution < -0.4 is 10.6 Å². The van der Waals surface area contributed by atoms with E-state index < -0.39 is 11.7 Å². The molecular formula is C33H39N5O4S. The average molecular weight is 602 g/mol. The molecule has 0 radical (unpaired) electrons. The van der Waals surface area contributed by atoms with Crippen LogP contribution >= 0.6 is 11.3 Å². The summed E-state index contributed by atoms with van der Waals surface area (Å²) in [4.78, 5) is 41.3. The molecule has 3 amide bonds. The van der Waals surface area contributed by atoms with Crippen LogP contribution in [-0.4, -0.2) is 52.3 Å². The van der Waals surface area contributed by atoms with Gasteiger partial charge in [0.15, 0.2) is 0 Å². The van der Waals surface area contributed by atoms with Gasteiger partial charge in [0.1, 0.15) is 5.60 Å². The van der Waals surface area contributed by atoms with Gasteiger partial charge in [-0.3, -0.25) is 14.3 Å². The molecule has 10 heteroatoms. The van der Waals surface area contributed by atoms with Crippen LogP contribution in [0.4, 0.5) is 4.79 Å². The van der Waals surface area contributed by atoms with E-state index in [0.717, 1.165) is 38.3 Å². The lowest BCUT2D eigenvalue weighted by Gasteiger charge is -2.20. The van der Waals surface area contributed by atoms with Gasteiger partial charge in [0, 0.05) is 49.9 Å². The minimum Gasteiger partial charge on any atom is -0.444 e. The minimum atomic E-state index is -0.595. The molecule has 2 aromatic carbocycles. The van der Waals surface area contributed by atoms with Crippen molar-refractivity contribution >= 4 is 29.2 Å². The number of aryl methyl sites for hydroxylation is 2. The predicted molar refractivity (Wildman–Crippen MR) is 170 cm³/mol. The Hall–Kier alpha value is -4.44. The molecule has 0 aliphatic rings. The van der Waals surface area contributed by atoms with Gasteiger partial charge in [0.25, 0.3) is 11.8 Å². The smallest absolute Gasteiger partial charge is 0.407 e. The summed E-state index contributed by atoms with van der Waals surface area (Å²) in [5.41, 5.74) is 5.33. The number of aromatic nitrogens is 2. The lowest BCUT2D eigenvalue weighted by molar-refractivity contribution is 0.0523. The van der Waals surface area contributed by atoms with Crippen molar-refractivity contribution in [3.05, 3.63) is 88.1 Å². The van der Waals surface area contributed by atoms with E-state index in [1.807, 2.05) is 57.6 Å². The molecule has 0 spiro atoms. The van der Waals surface area contributed by atoms with E-state index in [2.05, 4.69) is 33.9 Å². The van der Waals surface area contributed by atoms with Gasteiger partial charge < -0.3 is 20.3 Å². The molecule has 0 bridgehead atoms. The number of carbonyl (C=O) groups is 3. The van der Waals surface area contributed by atoms with Crippen molar-refractivity contribution in [2.75, 3.05) is 14.1 Å². The topological polar surface area (TPSA) is 106 Å². The Kier molecular flexibility index (Phi) is 9.40. The van der Waals surface area contributed by atoms with Crippen LogP contribution in [0, 0.1) is 6.92 Å². The second-order valence-electron chi connectivity index (χ2n) is 11.8. The number of nitrogens with one attached hydrogen (secondary N) is 2. The van der Waals surface area contributed by atoms with Gasteiger partial charge in [0.2, 0.25) is 0 Å². The van der Waals surface area contributed by atoms with Crippen molar-refractivity contribution in [1.82, 2.24) is 25.3 Å². The fourth-order valence-corrected chi connectivity index (χ4v) is 5.49. The van der Waals surface area contributed by atoms with Gasteiger partial charge in [-0.1, -0.05) is 12.1 Å². The Morgan fingerprint density at radius 1 is 1.02 bits per heavy atom. The molecule has 43 heavy (non-hydrogen) atoms. The number of alkyl carbamates (subject to hydrolysis) is 1. The van der Waals surface area contributed by atoms with Crippen LogP contribution in [0.5, 0.6) is 0 Å². The van der Waals surface area contributed by atoms with Crippen molar-refractivity contribution in [1.29, 1.82) is 0 Å². The van der Waals surface area contributed by atoms with Crippen molar-refractivity contribution in [3.8, 4) is 21.6 Å². The number of nitrogens with zero attached hydrogens (tertiary/aromatic N) is 3. The zero-order valence-corrected chi connectivity index (χ0v) is 26.8. The lowest BCUT2D eigenvalue weighted by Crippen LogP contribution is -2.32. The van der Waals surface area contributed by atoms with Crippen LogP contribution in [-0.2, 0) is 18.3 Å². The van der Waals surface area contributed by atoms with E-state index in [1.165, 1.54) is 11.3 Å². The molecule has 226 valence electrons. The molecule has 2 N–H and O–H groups in total. The highest BCUT2D eigenvalue weighted by molar-refractivity contribution is 7.17. The van der Waals surface area contributed by atoms with Crippen molar-refractivity contribution in [2.24, 2.45) is 7.05 Å². The molecular weight excluding hydrogens is 562 g/mol. The summed E-state index contributed by atoms with van der Waals surface area (Å²) in [5.74, 6) is -0.258. The number of thiophene rings is 1. The normalized spacial score (nSPS) is 12.0. The Balaban J connectivity index is 1.59. The summed E-state index contributed by atoms with van der Waals surface area (Å²) in [6.45, 7) is 9.49. The van der Waals surface area contributed by atoms with E-state index in [1.54, 1.807) is 50.5 Å². The zero-order valence-electron chi connectivity index (χ0n) is 25.9.